The Morgan fingerprint density at radius 2 is 1.89 bits per heavy atom. The Hall–Kier alpha value is -1.52. The van der Waals surface area contributed by atoms with Gasteiger partial charge in [0, 0.05) is 6.54 Å². The van der Waals surface area contributed by atoms with Crippen molar-refractivity contribution in [2.75, 3.05) is 13.7 Å². The van der Waals surface area contributed by atoms with E-state index in [0.29, 0.717) is 18.5 Å². The molecule has 0 N–H and O–H groups in total. The topological polar surface area (TPSA) is 55.8 Å². The normalized spacial score (nSPS) is 23.1. The molecule has 19 heavy (non-hydrogen) atoms. The van der Waals surface area contributed by atoms with Crippen molar-refractivity contribution in [3.63, 3.8) is 0 Å². The second-order valence-electron chi connectivity index (χ2n) is 5.98. The molecule has 0 aromatic carbocycles. The number of likely N-dealkylation sites (tertiary alicyclic amines) is 1. The molecule has 5 nitrogen and oxygen atoms in total. The first-order chi connectivity index (χ1) is 8.62. The lowest BCUT2D eigenvalue weighted by molar-refractivity contribution is -0.137. The summed E-state index contributed by atoms with van der Waals surface area (Å²) in [6, 6.07) is 0. The minimum Gasteiger partial charge on any atom is -0.466 e. The summed E-state index contributed by atoms with van der Waals surface area (Å²) in [4.78, 5) is 25.4. The zero-order chi connectivity index (χ0) is 14.8. The van der Waals surface area contributed by atoms with Crippen molar-refractivity contribution in [1.82, 2.24) is 4.90 Å². The van der Waals surface area contributed by atoms with Gasteiger partial charge in [0.05, 0.1) is 18.2 Å². The summed E-state index contributed by atoms with van der Waals surface area (Å²) < 4.78 is 10.1. The second-order valence-corrected chi connectivity index (χ2v) is 5.98. The van der Waals surface area contributed by atoms with Gasteiger partial charge in [-0.15, -0.1) is 0 Å². The van der Waals surface area contributed by atoms with Gasteiger partial charge < -0.3 is 9.47 Å². The van der Waals surface area contributed by atoms with E-state index in [1.807, 2.05) is 27.7 Å². The largest absolute Gasteiger partial charge is 0.466 e. The van der Waals surface area contributed by atoms with Crippen LogP contribution in [-0.4, -0.2) is 41.8 Å². The molecule has 1 saturated heterocycles. The van der Waals surface area contributed by atoms with Crippen molar-refractivity contribution in [1.29, 1.82) is 0 Å². The molecule has 1 aliphatic heterocycles. The maximum Gasteiger partial charge on any atom is 0.411 e. The first-order valence-electron chi connectivity index (χ1n) is 6.40. The molecule has 1 atom stereocenters. The summed E-state index contributed by atoms with van der Waals surface area (Å²) in [6.07, 6.45) is 1.07. The third kappa shape index (κ3) is 3.28. The van der Waals surface area contributed by atoms with Crippen LogP contribution in [0.3, 0.4) is 0 Å². The number of hydrogen-bond donors (Lipinski definition) is 0. The van der Waals surface area contributed by atoms with Gasteiger partial charge in [0.15, 0.2) is 0 Å². The Morgan fingerprint density at radius 1 is 1.32 bits per heavy atom. The molecule has 108 valence electrons. The van der Waals surface area contributed by atoms with Crippen molar-refractivity contribution >= 4 is 12.1 Å². The molecule has 1 fully saturated rings. The fourth-order valence-corrected chi connectivity index (χ4v) is 2.23. The van der Waals surface area contributed by atoms with Gasteiger partial charge in [-0.3, -0.25) is 4.90 Å². The first-order valence-corrected chi connectivity index (χ1v) is 6.40. The highest BCUT2D eigenvalue weighted by molar-refractivity contribution is 5.91. The molecule has 1 rings (SSSR count). The van der Waals surface area contributed by atoms with E-state index in [9.17, 15) is 9.59 Å². The quantitative estimate of drug-likeness (QED) is 0.571. The van der Waals surface area contributed by atoms with E-state index in [4.69, 9.17) is 9.47 Å². The third-order valence-corrected chi connectivity index (χ3v) is 3.34. The Kier molecular flexibility index (Phi) is 4.28. The van der Waals surface area contributed by atoms with E-state index >= 15 is 0 Å². The Morgan fingerprint density at radius 3 is 2.37 bits per heavy atom. The summed E-state index contributed by atoms with van der Waals surface area (Å²) in [5.74, 6) is -0.488. The Bertz CT molecular complexity index is 397. The predicted octanol–water partition coefficient (Wildman–Crippen LogP) is 2.51. The highest BCUT2D eigenvalue weighted by Crippen LogP contribution is 2.36. The van der Waals surface area contributed by atoms with E-state index in [1.54, 1.807) is 4.90 Å². The molecule has 0 aliphatic carbocycles. The lowest BCUT2D eigenvalue weighted by Gasteiger charge is -2.36. The minimum absolute atomic E-state index is 0.290. The fraction of sp³-hybridized carbons (Fsp3) is 0.714. The van der Waals surface area contributed by atoms with E-state index in [1.165, 1.54) is 7.11 Å². The SMILES string of the molecule is C=C(C(=O)OC)[C@@]1(C)CCCN1C(=O)OC(C)(C)C. The van der Waals surface area contributed by atoms with Crippen LogP contribution in [0.4, 0.5) is 4.79 Å². The number of hydrogen-bond acceptors (Lipinski definition) is 4. The van der Waals surface area contributed by atoms with Gasteiger partial charge in [0.1, 0.15) is 5.60 Å². The summed E-state index contributed by atoms with van der Waals surface area (Å²) in [7, 11) is 1.31. The van der Waals surface area contributed by atoms with E-state index in [0.717, 1.165) is 6.42 Å². The molecule has 1 amide bonds. The van der Waals surface area contributed by atoms with Crippen LogP contribution in [-0.2, 0) is 14.3 Å². The number of amides is 1. The number of nitrogens with zero attached hydrogens (tertiary/aromatic N) is 1. The molecule has 0 aromatic heterocycles. The van der Waals surface area contributed by atoms with Gasteiger partial charge in [-0.05, 0) is 40.5 Å². The van der Waals surface area contributed by atoms with Crippen LogP contribution in [0.25, 0.3) is 0 Å². The summed E-state index contributed by atoms with van der Waals surface area (Å²) in [6.45, 7) is 11.6. The van der Waals surface area contributed by atoms with Crippen LogP contribution >= 0.6 is 0 Å². The molecule has 0 spiro atoms. The van der Waals surface area contributed by atoms with Crippen molar-refractivity contribution in [3.05, 3.63) is 12.2 Å². The molecule has 0 saturated carbocycles. The smallest absolute Gasteiger partial charge is 0.411 e. The number of methoxy groups -OCH3 is 1. The molecule has 1 aliphatic rings. The Labute approximate surface area is 114 Å². The van der Waals surface area contributed by atoms with Crippen LogP contribution < -0.4 is 0 Å². The zero-order valence-corrected chi connectivity index (χ0v) is 12.4. The van der Waals surface area contributed by atoms with Crippen molar-refractivity contribution < 1.29 is 19.1 Å². The molecule has 0 aromatic rings. The molecule has 1 heterocycles. The van der Waals surface area contributed by atoms with Gasteiger partial charge in [-0.1, -0.05) is 6.58 Å². The molecule has 0 unspecified atom stereocenters. The van der Waals surface area contributed by atoms with Gasteiger partial charge >= 0.3 is 12.1 Å². The lowest BCUT2D eigenvalue weighted by atomic mass is 9.90. The number of esters is 1. The van der Waals surface area contributed by atoms with Gasteiger partial charge in [0.2, 0.25) is 0 Å². The maximum absolute atomic E-state index is 12.2. The predicted molar refractivity (Wildman–Crippen MR) is 71.7 cm³/mol. The van der Waals surface area contributed by atoms with Crippen molar-refractivity contribution in [2.45, 2.75) is 51.7 Å². The van der Waals surface area contributed by atoms with Gasteiger partial charge in [0.25, 0.3) is 0 Å². The summed E-state index contributed by atoms with van der Waals surface area (Å²) in [5, 5.41) is 0. The monoisotopic (exact) mass is 269 g/mol. The van der Waals surface area contributed by atoms with Crippen LogP contribution in [0.2, 0.25) is 0 Å². The van der Waals surface area contributed by atoms with E-state index in [-0.39, 0.29) is 0 Å². The second kappa shape index (κ2) is 5.23. The third-order valence-electron chi connectivity index (χ3n) is 3.34. The molecular formula is C14H23NO4. The van der Waals surface area contributed by atoms with E-state index < -0.39 is 23.2 Å². The standard InChI is InChI=1S/C14H23NO4/c1-10(11(16)18-6)14(5)8-7-9-15(14)12(17)19-13(2,3)4/h1,7-9H2,2-6H3/t14-/m1/s1. The highest BCUT2D eigenvalue weighted by atomic mass is 16.6. The van der Waals surface area contributed by atoms with Crippen molar-refractivity contribution in [2.24, 2.45) is 0 Å². The summed E-state index contributed by atoms with van der Waals surface area (Å²) >= 11 is 0. The fourth-order valence-electron chi connectivity index (χ4n) is 2.23. The average molecular weight is 269 g/mol. The molecular weight excluding hydrogens is 246 g/mol. The highest BCUT2D eigenvalue weighted by Gasteiger charge is 2.46. The lowest BCUT2D eigenvalue weighted by Crippen LogP contribution is -2.49. The van der Waals surface area contributed by atoms with Crippen LogP contribution in [0, 0.1) is 0 Å². The number of rotatable bonds is 2. The van der Waals surface area contributed by atoms with Crippen LogP contribution in [0.5, 0.6) is 0 Å². The summed E-state index contributed by atoms with van der Waals surface area (Å²) in [5.41, 5.74) is -0.999. The van der Waals surface area contributed by atoms with Crippen molar-refractivity contribution in [3.8, 4) is 0 Å². The first kappa shape index (κ1) is 15.5. The number of ether oxygens (including phenoxy) is 2. The zero-order valence-electron chi connectivity index (χ0n) is 12.4. The van der Waals surface area contributed by atoms with E-state index in [2.05, 4.69) is 6.58 Å². The van der Waals surface area contributed by atoms with Gasteiger partial charge in [-0.2, -0.15) is 0 Å². The Balaban J connectivity index is 2.92. The molecule has 5 heteroatoms. The number of carbonyl (C=O) groups excluding carboxylic acids is 2. The average Bonchev–Trinajstić information content (AvgIpc) is 2.68. The maximum atomic E-state index is 12.2. The molecule has 0 bridgehead atoms. The van der Waals surface area contributed by atoms with Crippen LogP contribution in [0.1, 0.15) is 40.5 Å². The minimum atomic E-state index is -0.727. The molecule has 0 radical (unpaired) electrons. The van der Waals surface area contributed by atoms with Gasteiger partial charge in [-0.25, -0.2) is 9.59 Å². The van der Waals surface area contributed by atoms with Crippen LogP contribution in [0.15, 0.2) is 12.2 Å². The number of carbonyl (C=O) groups is 2.